The Hall–Kier alpha value is -1.60. The second kappa shape index (κ2) is 6.53. The quantitative estimate of drug-likeness (QED) is 0.659. The molecule has 2 heterocycles. The molecule has 138 valence electrons. The molecule has 2 N–H and O–H groups in total. The Bertz CT molecular complexity index is 805. The number of rotatable bonds is 1. The van der Waals surface area contributed by atoms with E-state index in [-0.39, 0.29) is 17.7 Å². The van der Waals surface area contributed by atoms with Gasteiger partial charge < -0.3 is 10.2 Å². The third kappa shape index (κ3) is 2.91. The van der Waals surface area contributed by atoms with Crippen molar-refractivity contribution in [1.29, 1.82) is 0 Å². The SMILES string of the molecule is O=C1NC(=O)C2(CCC(C(=O)N3CCc4c(Cl)ccc(Br)c4C3)CC2)N1. The Morgan fingerprint density at radius 1 is 1.23 bits per heavy atom. The zero-order chi connectivity index (χ0) is 18.5. The molecule has 0 bridgehead atoms. The maximum atomic E-state index is 13.0. The van der Waals surface area contributed by atoms with Crippen LogP contribution in [0.1, 0.15) is 36.8 Å². The van der Waals surface area contributed by atoms with Gasteiger partial charge in [-0.15, -0.1) is 0 Å². The normalized spacial score (nSPS) is 27.9. The number of urea groups is 1. The molecule has 4 amide bonds. The summed E-state index contributed by atoms with van der Waals surface area (Å²) in [4.78, 5) is 38.4. The minimum Gasteiger partial charge on any atom is -0.338 e. The van der Waals surface area contributed by atoms with Crippen LogP contribution >= 0.6 is 27.5 Å². The first kappa shape index (κ1) is 17.8. The van der Waals surface area contributed by atoms with Crippen molar-refractivity contribution in [3.8, 4) is 0 Å². The minimum absolute atomic E-state index is 0.106. The molecule has 0 unspecified atom stereocenters. The molecule has 0 radical (unpaired) electrons. The van der Waals surface area contributed by atoms with Gasteiger partial charge in [-0.05, 0) is 55.4 Å². The van der Waals surface area contributed by atoms with Crippen molar-refractivity contribution in [3.63, 3.8) is 0 Å². The minimum atomic E-state index is -0.821. The van der Waals surface area contributed by atoms with E-state index in [0.29, 0.717) is 38.8 Å². The van der Waals surface area contributed by atoms with E-state index < -0.39 is 11.6 Å². The van der Waals surface area contributed by atoms with Gasteiger partial charge in [0.05, 0.1) is 0 Å². The molecule has 1 aliphatic carbocycles. The summed E-state index contributed by atoms with van der Waals surface area (Å²) in [6, 6.07) is 3.36. The highest BCUT2D eigenvalue weighted by atomic mass is 79.9. The second-order valence-electron chi connectivity index (χ2n) is 7.26. The molecule has 1 spiro atoms. The van der Waals surface area contributed by atoms with Crippen molar-refractivity contribution in [1.82, 2.24) is 15.5 Å². The molecule has 2 aliphatic heterocycles. The molecular formula is C18H19BrClN3O3. The summed E-state index contributed by atoms with van der Waals surface area (Å²) in [5, 5.41) is 5.79. The molecule has 6 nitrogen and oxygen atoms in total. The summed E-state index contributed by atoms with van der Waals surface area (Å²) in [6.45, 7) is 1.20. The summed E-state index contributed by atoms with van der Waals surface area (Å²) in [5.41, 5.74) is 1.36. The van der Waals surface area contributed by atoms with Crippen LogP contribution in [0.4, 0.5) is 4.79 Å². The van der Waals surface area contributed by atoms with Gasteiger partial charge in [-0.3, -0.25) is 14.9 Å². The fourth-order valence-corrected chi connectivity index (χ4v) is 5.05. The number of amides is 4. The van der Waals surface area contributed by atoms with E-state index in [4.69, 9.17) is 11.6 Å². The summed E-state index contributed by atoms with van der Waals surface area (Å²) in [5.74, 6) is -0.244. The maximum Gasteiger partial charge on any atom is 0.322 e. The Balaban J connectivity index is 1.44. The third-order valence-electron chi connectivity index (χ3n) is 5.81. The van der Waals surface area contributed by atoms with Crippen LogP contribution in [0.25, 0.3) is 0 Å². The summed E-state index contributed by atoms with van der Waals surface area (Å²) in [6.07, 6.45) is 2.95. The van der Waals surface area contributed by atoms with Gasteiger partial charge in [-0.1, -0.05) is 27.5 Å². The summed E-state index contributed by atoms with van der Waals surface area (Å²) < 4.78 is 0.974. The van der Waals surface area contributed by atoms with Crippen molar-refractivity contribution >= 4 is 45.4 Å². The molecule has 0 atom stereocenters. The molecule has 3 aliphatic rings. The molecule has 2 fully saturated rings. The van der Waals surface area contributed by atoms with Crippen LogP contribution < -0.4 is 10.6 Å². The highest BCUT2D eigenvalue weighted by Crippen LogP contribution is 2.37. The van der Waals surface area contributed by atoms with Crippen molar-refractivity contribution in [2.75, 3.05) is 6.54 Å². The third-order valence-corrected chi connectivity index (χ3v) is 6.91. The van der Waals surface area contributed by atoms with Gasteiger partial charge in [0.15, 0.2) is 0 Å². The first-order chi connectivity index (χ1) is 12.4. The van der Waals surface area contributed by atoms with Crippen LogP contribution in [0.2, 0.25) is 5.02 Å². The largest absolute Gasteiger partial charge is 0.338 e. The monoisotopic (exact) mass is 439 g/mol. The van der Waals surface area contributed by atoms with Gasteiger partial charge in [0.2, 0.25) is 5.91 Å². The van der Waals surface area contributed by atoms with E-state index in [9.17, 15) is 14.4 Å². The van der Waals surface area contributed by atoms with E-state index >= 15 is 0 Å². The highest BCUT2D eigenvalue weighted by Gasteiger charge is 2.49. The van der Waals surface area contributed by atoms with Crippen LogP contribution in [0, 0.1) is 5.92 Å². The fourth-order valence-electron chi connectivity index (χ4n) is 4.28. The molecule has 0 aromatic heterocycles. The van der Waals surface area contributed by atoms with Crippen LogP contribution in [0.15, 0.2) is 16.6 Å². The lowest BCUT2D eigenvalue weighted by Gasteiger charge is -2.37. The molecule has 26 heavy (non-hydrogen) atoms. The molecular weight excluding hydrogens is 422 g/mol. The predicted octanol–water partition coefficient (Wildman–Crippen LogP) is 2.76. The number of nitrogens with one attached hydrogen (secondary N) is 2. The molecule has 8 heteroatoms. The second-order valence-corrected chi connectivity index (χ2v) is 8.52. The smallest absolute Gasteiger partial charge is 0.322 e. The van der Waals surface area contributed by atoms with Gasteiger partial charge in [0.25, 0.3) is 5.91 Å². The number of hydrogen-bond donors (Lipinski definition) is 2. The average Bonchev–Trinajstić information content (AvgIpc) is 2.91. The van der Waals surface area contributed by atoms with Crippen molar-refractivity contribution in [3.05, 3.63) is 32.8 Å². The molecule has 1 aromatic rings. The lowest BCUT2D eigenvalue weighted by Crippen LogP contribution is -2.51. The number of imide groups is 1. The average molecular weight is 441 g/mol. The number of fused-ring (bicyclic) bond motifs is 1. The molecule has 1 saturated carbocycles. The van der Waals surface area contributed by atoms with Gasteiger partial charge >= 0.3 is 6.03 Å². The zero-order valence-corrected chi connectivity index (χ0v) is 16.5. The Labute approximate surface area is 164 Å². The lowest BCUT2D eigenvalue weighted by molar-refractivity contribution is -0.139. The number of carbonyl (C=O) groups is 3. The van der Waals surface area contributed by atoms with E-state index in [1.807, 2.05) is 17.0 Å². The number of benzene rings is 1. The molecule has 1 saturated heterocycles. The fraction of sp³-hybridized carbons (Fsp3) is 0.500. The topological polar surface area (TPSA) is 78.5 Å². The highest BCUT2D eigenvalue weighted by molar-refractivity contribution is 9.10. The van der Waals surface area contributed by atoms with Crippen LogP contribution in [0.5, 0.6) is 0 Å². The van der Waals surface area contributed by atoms with Gasteiger partial charge in [-0.25, -0.2) is 4.79 Å². The summed E-state index contributed by atoms with van der Waals surface area (Å²) in [7, 11) is 0. The lowest BCUT2D eigenvalue weighted by atomic mass is 9.76. The maximum absolute atomic E-state index is 13.0. The predicted molar refractivity (Wildman–Crippen MR) is 99.6 cm³/mol. The zero-order valence-electron chi connectivity index (χ0n) is 14.1. The van der Waals surface area contributed by atoms with E-state index in [0.717, 1.165) is 27.0 Å². The summed E-state index contributed by atoms with van der Waals surface area (Å²) >= 11 is 9.85. The van der Waals surface area contributed by atoms with Gasteiger partial charge in [0.1, 0.15) is 5.54 Å². The first-order valence-electron chi connectivity index (χ1n) is 8.78. The van der Waals surface area contributed by atoms with Crippen LogP contribution in [0.3, 0.4) is 0 Å². The van der Waals surface area contributed by atoms with E-state index in [1.165, 1.54) is 0 Å². The molecule has 4 rings (SSSR count). The molecule has 1 aromatic carbocycles. The Kier molecular flexibility index (Phi) is 4.47. The van der Waals surface area contributed by atoms with Crippen LogP contribution in [-0.4, -0.2) is 34.8 Å². The number of halogens is 2. The van der Waals surface area contributed by atoms with E-state index in [1.54, 1.807) is 0 Å². The van der Waals surface area contributed by atoms with Crippen molar-refractivity contribution in [2.45, 2.75) is 44.2 Å². The Morgan fingerprint density at radius 2 is 1.96 bits per heavy atom. The van der Waals surface area contributed by atoms with E-state index in [2.05, 4.69) is 26.6 Å². The Morgan fingerprint density at radius 3 is 2.62 bits per heavy atom. The van der Waals surface area contributed by atoms with Crippen molar-refractivity contribution in [2.24, 2.45) is 5.92 Å². The number of hydrogen-bond acceptors (Lipinski definition) is 3. The van der Waals surface area contributed by atoms with Crippen LogP contribution in [-0.2, 0) is 22.6 Å². The first-order valence-corrected chi connectivity index (χ1v) is 9.95. The number of carbonyl (C=O) groups excluding carboxylic acids is 3. The van der Waals surface area contributed by atoms with Crippen molar-refractivity contribution < 1.29 is 14.4 Å². The number of nitrogens with zero attached hydrogens (tertiary/aromatic N) is 1. The van der Waals surface area contributed by atoms with Gasteiger partial charge in [-0.2, -0.15) is 0 Å². The van der Waals surface area contributed by atoms with Gasteiger partial charge in [0, 0.05) is 28.5 Å². The standard InChI is InChI=1S/C18H19BrClN3O3/c19-13-1-2-14(20)11-5-8-23(9-12(11)13)15(24)10-3-6-18(7-4-10)16(25)21-17(26)22-18/h1-2,10H,3-9H2,(H2,21,22,25,26).